The van der Waals surface area contributed by atoms with Gasteiger partial charge >= 0.3 is 0 Å². The normalized spacial score (nSPS) is 10.7. The molecule has 1 radical (unpaired) electrons. The average Bonchev–Trinajstić information content (AvgIpc) is 2.04. The van der Waals surface area contributed by atoms with Gasteiger partial charge in [0.25, 0.3) is 0 Å². The minimum absolute atomic E-state index is 0.162. The summed E-state index contributed by atoms with van der Waals surface area (Å²) in [6.07, 6.45) is 1.63. The summed E-state index contributed by atoms with van der Waals surface area (Å²) in [6, 6.07) is 3.61. The van der Waals surface area contributed by atoms with E-state index < -0.39 is 0 Å². The zero-order valence-corrected chi connectivity index (χ0v) is 7.70. The average molecular weight is 180 g/mol. The van der Waals surface area contributed by atoms with E-state index >= 15 is 0 Å². The van der Waals surface area contributed by atoms with E-state index in [0.29, 0.717) is 6.54 Å². The monoisotopic (exact) mass is 180 g/mol. The van der Waals surface area contributed by atoms with Crippen LogP contribution in [0.2, 0.25) is 0 Å². The smallest absolute Gasteiger partial charge is 0.144 e. The second-order valence-corrected chi connectivity index (χ2v) is 3.01. The SMILES string of the molecule is CN(CCO)Cc1ccnc([NH])c1. The summed E-state index contributed by atoms with van der Waals surface area (Å²) in [7, 11) is 1.93. The molecule has 71 valence electrons. The molecule has 2 N–H and O–H groups in total. The van der Waals surface area contributed by atoms with E-state index in [1.54, 1.807) is 12.3 Å². The molecular formula is C9H14N3O. The summed E-state index contributed by atoms with van der Waals surface area (Å²) < 4.78 is 0. The highest BCUT2D eigenvalue weighted by Gasteiger charge is 1.99. The number of hydrogen-bond donors (Lipinski definition) is 1. The van der Waals surface area contributed by atoms with Crippen LogP contribution in [-0.2, 0) is 6.54 Å². The van der Waals surface area contributed by atoms with Crippen LogP contribution in [0.1, 0.15) is 5.56 Å². The largest absolute Gasteiger partial charge is 0.395 e. The molecule has 4 heteroatoms. The minimum Gasteiger partial charge on any atom is -0.395 e. The fourth-order valence-electron chi connectivity index (χ4n) is 1.13. The van der Waals surface area contributed by atoms with Crippen molar-refractivity contribution in [3.63, 3.8) is 0 Å². The Morgan fingerprint density at radius 1 is 1.62 bits per heavy atom. The van der Waals surface area contributed by atoms with Gasteiger partial charge in [0, 0.05) is 19.3 Å². The lowest BCUT2D eigenvalue weighted by atomic mass is 10.2. The first-order valence-corrected chi connectivity index (χ1v) is 4.18. The van der Waals surface area contributed by atoms with E-state index in [1.807, 2.05) is 18.0 Å². The maximum Gasteiger partial charge on any atom is 0.144 e. The van der Waals surface area contributed by atoms with Crippen LogP contribution in [0.5, 0.6) is 0 Å². The molecule has 0 amide bonds. The van der Waals surface area contributed by atoms with Crippen molar-refractivity contribution in [3.05, 3.63) is 23.9 Å². The molecule has 0 atom stereocenters. The summed E-state index contributed by atoms with van der Waals surface area (Å²) >= 11 is 0. The third-order valence-corrected chi connectivity index (χ3v) is 1.76. The lowest BCUT2D eigenvalue weighted by molar-refractivity contribution is 0.217. The van der Waals surface area contributed by atoms with Crippen LogP contribution in [0.3, 0.4) is 0 Å². The van der Waals surface area contributed by atoms with Crippen molar-refractivity contribution in [1.29, 1.82) is 0 Å². The highest BCUT2D eigenvalue weighted by atomic mass is 16.3. The van der Waals surface area contributed by atoms with E-state index in [1.165, 1.54) is 0 Å². The fraction of sp³-hybridized carbons (Fsp3) is 0.444. The Balaban J connectivity index is 2.53. The number of nitrogens with zero attached hydrogens (tertiary/aromatic N) is 2. The van der Waals surface area contributed by atoms with Crippen LogP contribution in [0.25, 0.3) is 0 Å². The number of pyridine rings is 1. The first-order chi connectivity index (χ1) is 6.22. The van der Waals surface area contributed by atoms with Crippen LogP contribution in [-0.4, -0.2) is 35.2 Å². The van der Waals surface area contributed by atoms with Gasteiger partial charge in [-0.15, -0.1) is 0 Å². The zero-order chi connectivity index (χ0) is 9.68. The lowest BCUT2D eigenvalue weighted by Crippen LogP contribution is -2.21. The van der Waals surface area contributed by atoms with Gasteiger partial charge in [-0.2, -0.15) is 0 Å². The topological polar surface area (TPSA) is 60.2 Å². The molecule has 1 heterocycles. The molecule has 0 saturated heterocycles. The molecule has 0 aliphatic rings. The number of nitrogens with one attached hydrogen (secondary N) is 1. The first-order valence-electron chi connectivity index (χ1n) is 4.18. The third kappa shape index (κ3) is 3.40. The standard InChI is InChI=1S/C9H14N3O/c1-12(4-5-13)7-8-2-3-11-9(10)6-8/h2-3,6,10,13H,4-5,7H2,1H3. The van der Waals surface area contributed by atoms with E-state index in [9.17, 15) is 0 Å². The Labute approximate surface area is 78.0 Å². The molecule has 13 heavy (non-hydrogen) atoms. The van der Waals surface area contributed by atoms with Crippen LogP contribution >= 0.6 is 0 Å². The zero-order valence-electron chi connectivity index (χ0n) is 7.70. The van der Waals surface area contributed by atoms with Gasteiger partial charge in [0.1, 0.15) is 5.82 Å². The molecule has 0 aromatic carbocycles. The van der Waals surface area contributed by atoms with Crippen LogP contribution in [0.15, 0.2) is 18.3 Å². The molecule has 0 spiro atoms. The predicted molar refractivity (Wildman–Crippen MR) is 50.4 cm³/mol. The maximum atomic E-state index is 8.68. The quantitative estimate of drug-likeness (QED) is 0.730. The molecule has 0 aliphatic heterocycles. The van der Waals surface area contributed by atoms with Crippen molar-refractivity contribution < 1.29 is 5.11 Å². The second kappa shape index (κ2) is 4.79. The van der Waals surface area contributed by atoms with Crippen molar-refractivity contribution in [2.45, 2.75) is 6.54 Å². The van der Waals surface area contributed by atoms with Crippen molar-refractivity contribution >= 4 is 5.82 Å². The highest BCUT2D eigenvalue weighted by molar-refractivity contribution is 5.28. The van der Waals surface area contributed by atoms with Gasteiger partial charge in [-0.25, -0.2) is 4.98 Å². The molecule has 1 aromatic heterocycles. The van der Waals surface area contributed by atoms with Gasteiger partial charge in [0.15, 0.2) is 0 Å². The predicted octanol–water partition coefficient (Wildman–Crippen LogP) is 0.420. The summed E-state index contributed by atoms with van der Waals surface area (Å²) in [5.74, 6) is 0.287. The Morgan fingerprint density at radius 2 is 2.38 bits per heavy atom. The maximum absolute atomic E-state index is 8.68. The van der Waals surface area contributed by atoms with Crippen molar-refractivity contribution in [2.24, 2.45) is 0 Å². The summed E-state index contributed by atoms with van der Waals surface area (Å²) in [4.78, 5) is 5.79. The minimum atomic E-state index is 0.162. The molecular weight excluding hydrogens is 166 g/mol. The molecule has 0 aliphatic carbocycles. The van der Waals surface area contributed by atoms with E-state index in [2.05, 4.69) is 4.98 Å². The Morgan fingerprint density at radius 3 is 3.00 bits per heavy atom. The number of rotatable bonds is 4. The van der Waals surface area contributed by atoms with Gasteiger partial charge in [-0.05, 0) is 24.7 Å². The number of aromatic nitrogens is 1. The first kappa shape index (κ1) is 9.95. The molecule has 4 nitrogen and oxygen atoms in total. The lowest BCUT2D eigenvalue weighted by Gasteiger charge is -2.14. The van der Waals surface area contributed by atoms with Crippen molar-refractivity contribution in [1.82, 2.24) is 15.6 Å². The Bertz CT molecular complexity index is 265. The molecule has 0 saturated carbocycles. The van der Waals surface area contributed by atoms with Crippen LogP contribution in [0, 0.1) is 0 Å². The molecule has 0 unspecified atom stereocenters. The number of aliphatic hydroxyl groups excluding tert-OH is 1. The van der Waals surface area contributed by atoms with Gasteiger partial charge in [0.2, 0.25) is 0 Å². The highest BCUT2D eigenvalue weighted by Crippen LogP contribution is 2.06. The van der Waals surface area contributed by atoms with Gasteiger partial charge in [0.05, 0.1) is 6.61 Å². The van der Waals surface area contributed by atoms with Gasteiger partial charge < -0.3 is 5.11 Å². The van der Waals surface area contributed by atoms with Crippen molar-refractivity contribution in [2.75, 3.05) is 20.2 Å². The summed E-state index contributed by atoms with van der Waals surface area (Å²) in [6.45, 7) is 1.56. The van der Waals surface area contributed by atoms with E-state index in [4.69, 9.17) is 10.8 Å². The van der Waals surface area contributed by atoms with Gasteiger partial charge in [-0.1, -0.05) is 0 Å². The third-order valence-electron chi connectivity index (χ3n) is 1.76. The number of likely N-dealkylation sites (N-methyl/N-ethyl adjacent to an activating group) is 1. The Hall–Kier alpha value is -1.13. The van der Waals surface area contributed by atoms with Crippen molar-refractivity contribution in [3.8, 4) is 0 Å². The van der Waals surface area contributed by atoms with E-state index in [0.717, 1.165) is 12.1 Å². The fourth-order valence-corrected chi connectivity index (χ4v) is 1.13. The number of aliphatic hydroxyl groups is 1. The summed E-state index contributed by atoms with van der Waals surface area (Å²) in [5.41, 5.74) is 8.35. The molecule has 1 rings (SSSR count). The molecule has 0 bridgehead atoms. The second-order valence-electron chi connectivity index (χ2n) is 3.01. The van der Waals surface area contributed by atoms with Crippen LogP contribution in [0.4, 0.5) is 5.82 Å². The Kier molecular flexibility index (Phi) is 3.67. The molecule has 0 fully saturated rings. The van der Waals surface area contributed by atoms with E-state index in [-0.39, 0.29) is 12.4 Å². The van der Waals surface area contributed by atoms with Gasteiger partial charge in [-0.3, -0.25) is 10.6 Å². The van der Waals surface area contributed by atoms with Crippen LogP contribution < -0.4 is 5.73 Å². The summed E-state index contributed by atoms with van der Waals surface area (Å²) in [5, 5.41) is 8.68. The molecule has 1 aromatic rings. The number of hydrogen-bond acceptors (Lipinski definition) is 3.